The minimum absolute atomic E-state index is 0.268. The molecule has 0 saturated carbocycles. The quantitative estimate of drug-likeness (QED) is 0.789. The predicted octanol–water partition coefficient (Wildman–Crippen LogP) is 3.49. The number of hydrogen-bond acceptors (Lipinski definition) is 1. The van der Waals surface area contributed by atoms with Gasteiger partial charge in [-0.15, -0.1) is 0 Å². The maximum atomic E-state index is 13.4. The Kier molecular flexibility index (Phi) is 2.49. The number of nitrogens with one attached hydrogen (secondary N) is 1. The molecule has 0 fully saturated rings. The van der Waals surface area contributed by atoms with E-state index in [9.17, 15) is 4.39 Å². The Morgan fingerprint density at radius 1 is 1.27 bits per heavy atom. The van der Waals surface area contributed by atoms with Crippen LogP contribution in [0, 0.1) is 19.7 Å². The van der Waals surface area contributed by atoms with Crippen molar-refractivity contribution >= 4 is 11.6 Å². The Bertz CT molecular complexity index is 505. The summed E-state index contributed by atoms with van der Waals surface area (Å²) in [5.41, 5.74) is 2.73. The number of halogens is 2. The molecule has 1 aromatic heterocycles. The fraction of sp³-hybridized carbons (Fsp3) is 0.182. The number of rotatable bonds is 1. The van der Waals surface area contributed by atoms with E-state index in [0.717, 1.165) is 5.69 Å². The monoisotopic (exact) mass is 224 g/mol. The van der Waals surface area contributed by atoms with Gasteiger partial charge < -0.3 is 0 Å². The van der Waals surface area contributed by atoms with E-state index in [-0.39, 0.29) is 5.82 Å². The summed E-state index contributed by atoms with van der Waals surface area (Å²) < 4.78 is 13.4. The molecule has 0 radical (unpaired) electrons. The Hall–Kier alpha value is -1.35. The molecule has 1 heterocycles. The third-order valence-corrected chi connectivity index (χ3v) is 2.54. The van der Waals surface area contributed by atoms with Gasteiger partial charge in [0.05, 0.1) is 10.7 Å². The van der Waals surface area contributed by atoms with Gasteiger partial charge in [0.15, 0.2) is 0 Å². The summed E-state index contributed by atoms with van der Waals surface area (Å²) in [4.78, 5) is 0. The third kappa shape index (κ3) is 1.88. The molecule has 0 atom stereocenters. The molecule has 0 amide bonds. The Morgan fingerprint density at radius 3 is 2.60 bits per heavy atom. The van der Waals surface area contributed by atoms with Crippen molar-refractivity contribution in [2.45, 2.75) is 13.8 Å². The number of aryl methyl sites for hydroxylation is 2. The van der Waals surface area contributed by atoms with Gasteiger partial charge in [0.1, 0.15) is 5.82 Å². The normalized spacial score (nSPS) is 10.7. The Labute approximate surface area is 92.1 Å². The average molecular weight is 225 g/mol. The minimum Gasteiger partial charge on any atom is -0.282 e. The van der Waals surface area contributed by atoms with Crippen molar-refractivity contribution in [3.8, 4) is 11.3 Å². The smallest absolute Gasteiger partial charge is 0.126 e. The van der Waals surface area contributed by atoms with Gasteiger partial charge in [-0.2, -0.15) is 5.10 Å². The molecule has 2 nitrogen and oxygen atoms in total. The SMILES string of the molecule is Cc1cc(-c2cc(F)c(C)cc2Cl)n[nH]1. The zero-order chi connectivity index (χ0) is 11.0. The van der Waals surface area contributed by atoms with Crippen LogP contribution in [0.5, 0.6) is 0 Å². The summed E-state index contributed by atoms with van der Waals surface area (Å²) in [6.45, 7) is 3.57. The average Bonchev–Trinajstić information content (AvgIpc) is 2.58. The fourth-order valence-corrected chi connectivity index (χ4v) is 1.71. The summed E-state index contributed by atoms with van der Waals surface area (Å²) in [5, 5.41) is 7.35. The number of hydrogen-bond donors (Lipinski definition) is 1. The predicted molar refractivity (Wildman–Crippen MR) is 58.5 cm³/mol. The lowest BCUT2D eigenvalue weighted by Crippen LogP contribution is -1.87. The molecule has 2 rings (SSSR count). The van der Waals surface area contributed by atoms with E-state index in [1.807, 2.05) is 13.0 Å². The molecule has 1 N–H and O–H groups in total. The van der Waals surface area contributed by atoms with Crippen LogP contribution in [0.1, 0.15) is 11.3 Å². The van der Waals surface area contributed by atoms with E-state index in [4.69, 9.17) is 11.6 Å². The molecule has 0 spiro atoms. The number of aromatic amines is 1. The molecule has 4 heteroatoms. The first-order valence-corrected chi connectivity index (χ1v) is 4.94. The van der Waals surface area contributed by atoms with Crippen molar-refractivity contribution in [2.75, 3.05) is 0 Å². The van der Waals surface area contributed by atoms with Crippen molar-refractivity contribution in [1.82, 2.24) is 10.2 Å². The van der Waals surface area contributed by atoms with Gasteiger partial charge in [0.2, 0.25) is 0 Å². The van der Waals surface area contributed by atoms with Gasteiger partial charge in [-0.1, -0.05) is 11.6 Å². The number of aromatic nitrogens is 2. The molecule has 0 unspecified atom stereocenters. The summed E-state index contributed by atoms with van der Waals surface area (Å²) >= 11 is 6.02. The van der Waals surface area contributed by atoms with Crippen molar-refractivity contribution in [3.63, 3.8) is 0 Å². The van der Waals surface area contributed by atoms with E-state index < -0.39 is 0 Å². The lowest BCUT2D eigenvalue weighted by Gasteiger charge is -2.03. The highest BCUT2D eigenvalue weighted by atomic mass is 35.5. The van der Waals surface area contributed by atoms with Crippen LogP contribution in [0.15, 0.2) is 18.2 Å². The van der Waals surface area contributed by atoms with Crippen molar-refractivity contribution in [1.29, 1.82) is 0 Å². The van der Waals surface area contributed by atoms with E-state index in [2.05, 4.69) is 10.2 Å². The largest absolute Gasteiger partial charge is 0.282 e. The van der Waals surface area contributed by atoms with E-state index in [0.29, 0.717) is 21.8 Å². The van der Waals surface area contributed by atoms with Gasteiger partial charge in [0.25, 0.3) is 0 Å². The first kappa shape index (κ1) is 10.2. The summed E-state index contributed by atoms with van der Waals surface area (Å²) in [5.74, 6) is -0.268. The van der Waals surface area contributed by atoms with Crippen LogP contribution in [-0.2, 0) is 0 Å². The molecule has 1 aromatic carbocycles. The molecule has 0 saturated heterocycles. The van der Waals surface area contributed by atoms with E-state index in [1.54, 1.807) is 13.0 Å². The second-order valence-electron chi connectivity index (χ2n) is 3.52. The molecule has 0 aliphatic carbocycles. The first-order chi connectivity index (χ1) is 7.08. The number of H-pyrrole nitrogens is 1. The molecule has 0 aliphatic heterocycles. The maximum absolute atomic E-state index is 13.4. The highest BCUT2D eigenvalue weighted by Crippen LogP contribution is 2.29. The number of nitrogens with zero attached hydrogens (tertiary/aromatic N) is 1. The highest BCUT2D eigenvalue weighted by Gasteiger charge is 2.10. The molecule has 2 aromatic rings. The van der Waals surface area contributed by atoms with Crippen LogP contribution in [0.4, 0.5) is 4.39 Å². The minimum atomic E-state index is -0.268. The summed E-state index contributed by atoms with van der Waals surface area (Å²) in [7, 11) is 0. The fourth-order valence-electron chi connectivity index (χ4n) is 1.40. The molecular weight excluding hydrogens is 215 g/mol. The maximum Gasteiger partial charge on any atom is 0.126 e. The summed E-state index contributed by atoms with van der Waals surface area (Å²) in [6, 6.07) is 4.85. The van der Waals surface area contributed by atoms with E-state index in [1.165, 1.54) is 6.07 Å². The highest BCUT2D eigenvalue weighted by molar-refractivity contribution is 6.33. The second-order valence-corrected chi connectivity index (χ2v) is 3.92. The third-order valence-electron chi connectivity index (χ3n) is 2.23. The van der Waals surface area contributed by atoms with Gasteiger partial charge in [-0.3, -0.25) is 5.10 Å². The van der Waals surface area contributed by atoms with Crippen molar-refractivity contribution in [2.24, 2.45) is 0 Å². The van der Waals surface area contributed by atoms with Crippen LogP contribution >= 0.6 is 11.6 Å². The second kappa shape index (κ2) is 3.66. The van der Waals surface area contributed by atoms with Gasteiger partial charge in [-0.25, -0.2) is 4.39 Å². The van der Waals surface area contributed by atoms with Crippen molar-refractivity contribution < 1.29 is 4.39 Å². The summed E-state index contributed by atoms with van der Waals surface area (Å²) in [6.07, 6.45) is 0. The van der Waals surface area contributed by atoms with Crippen molar-refractivity contribution in [3.05, 3.63) is 40.3 Å². The lowest BCUT2D eigenvalue weighted by atomic mass is 10.1. The molecule has 0 bridgehead atoms. The zero-order valence-electron chi connectivity index (χ0n) is 8.44. The van der Waals surface area contributed by atoms with Gasteiger partial charge >= 0.3 is 0 Å². The van der Waals surface area contributed by atoms with Crippen LogP contribution in [0.2, 0.25) is 5.02 Å². The molecule has 78 valence electrons. The van der Waals surface area contributed by atoms with Crippen LogP contribution in [-0.4, -0.2) is 10.2 Å². The lowest BCUT2D eigenvalue weighted by molar-refractivity contribution is 0.619. The van der Waals surface area contributed by atoms with Crippen LogP contribution in [0.3, 0.4) is 0 Å². The Balaban J connectivity index is 2.58. The topological polar surface area (TPSA) is 28.7 Å². The molecular formula is C11H10ClFN2. The van der Waals surface area contributed by atoms with Crippen LogP contribution < -0.4 is 0 Å². The standard InChI is InChI=1S/C11H10ClFN2/c1-6-3-9(12)8(5-10(6)13)11-4-7(2)14-15-11/h3-5H,1-2H3,(H,14,15). The van der Waals surface area contributed by atoms with E-state index >= 15 is 0 Å². The number of benzene rings is 1. The van der Waals surface area contributed by atoms with Crippen LogP contribution in [0.25, 0.3) is 11.3 Å². The zero-order valence-corrected chi connectivity index (χ0v) is 9.19. The Morgan fingerprint density at radius 2 is 2.00 bits per heavy atom. The van der Waals surface area contributed by atoms with Gasteiger partial charge in [-0.05, 0) is 37.6 Å². The molecule has 15 heavy (non-hydrogen) atoms. The van der Waals surface area contributed by atoms with Gasteiger partial charge in [0, 0.05) is 11.3 Å². The first-order valence-electron chi connectivity index (χ1n) is 4.56. The molecule has 0 aliphatic rings.